The lowest BCUT2D eigenvalue weighted by Gasteiger charge is -2.25. The smallest absolute Gasteiger partial charge is 0.243 e. The van der Waals surface area contributed by atoms with Gasteiger partial charge >= 0.3 is 0 Å². The Morgan fingerprint density at radius 2 is 2.04 bits per heavy atom. The van der Waals surface area contributed by atoms with Crippen molar-refractivity contribution in [1.82, 2.24) is 14.9 Å². The number of carbonyl (C=O) groups excluding carboxylic acids is 1. The third-order valence-electron chi connectivity index (χ3n) is 3.98. The fourth-order valence-electron chi connectivity index (χ4n) is 2.66. The first-order chi connectivity index (χ1) is 12.0. The van der Waals surface area contributed by atoms with E-state index in [4.69, 9.17) is 0 Å². The molecule has 0 radical (unpaired) electrons. The van der Waals surface area contributed by atoms with Crippen molar-refractivity contribution in [3.05, 3.63) is 42.0 Å². The van der Waals surface area contributed by atoms with E-state index in [0.29, 0.717) is 17.3 Å². The van der Waals surface area contributed by atoms with E-state index in [-0.39, 0.29) is 24.3 Å². The second-order valence-electron chi connectivity index (χ2n) is 6.19. The van der Waals surface area contributed by atoms with Crippen molar-refractivity contribution < 1.29 is 9.18 Å². The van der Waals surface area contributed by atoms with Gasteiger partial charge in [0.05, 0.1) is 12.6 Å². The minimum Gasteiger partial charge on any atom is -0.361 e. The lowest BCUT2D eigenvalue weighted by atomic mass is 10.0. The van der Waals surface area contributed by atoms with Gasteiger partial charge in [-0.1, -0.05) is 12.1 Å². The van der Waals surface area contributed by atoms with Crippen molar-refractivity contribution in [2.24, 2.45) is 0 Å². The van der Waals surface area contributed by atoms with Crippen LogP contribution in [0.3, 0.4) is 0 Å². The van der Waals surface area contributed by atoms with E-state index in [2.05, 4.69) is 30.8 Å². The number of amides is 1. The van der Waals surface area contributed by atoms with Crippen LogP contribution in [0.2, 0.25) is 0 Å². The minimum atomic E-state index is -0.272. The molecule has 3 rings (SSSR count). The van der Waals surface area contributed by atoms with Crippen molar-refractivity contribution in [2.45, 2.75) is 12.5 Å². The van der Waals surface area contributed by atoms with Gasteiger partial charge < -0.3 is 20.9 Å². The average Bonchev–Trinajstić information content (AvgIpc) is 2.59. The molecule has 0 bridgehead atoms. The molecular formula is C17H21FN6O. The summed E-state index contributed by atoms with van der Waals surface area (Å²) in [5.74, 6) is 0.712. The third-order valence-corrected chi connectivity index (χ3v) is 3.98. The molecule has 2 heterocycles. The normalized spacial score (nSPS) is 14.5. The van der Waals surface area contributed by atoms with Crippen LogP contribution in [0, 0.1) is 5.82 Å². The highest BCUT2D eigenvalue weighted by Gasteiger charge is 2.22. The fraction of sp³-hybridized carbons (Fsp3) is 0.353. The summed E-state index contributed by atoms with van der Waals surface area (Å²) in [6.45, 7) is 1.03. The highest BCUT2D eigenvalue weighted by atomic mass is 19.1. The molecule has 132 valence electrons. The molecular weight excluding hydrogens is 323 g/mol. The maximum atomic E-state index is 13.3. The fourth-order valence-corrected chi connectivity index (χ4v) is 2.66. The predicted octanol–water partition coefficient (Wildman–Crippen LogP) is 2.08. The number of hydrogen-bond acceptors (Lipinski definition) is 6. The Morgan fingerprint density at radius 3 is 2.76 bits per heavy atom. The zero-order valence-electron chi connectivity index (χ0n) is 14.2. The van der Waals surface area contributed by atoms with E-state index >= 15 is 0 Å². The number of fused-ring (bicyclic) bond motifs is 1. The van der Waals surface area contributed by atoms with Gasteiger partial charge in [0.1, 0.15) is 17.8 Å². The van der Waals surface area contributed by atoms with Gasteiger partial charge in [-0.2, -0.15) is 0 Å². The Hall–Kier alpha value is -2.74. The summed E-state index contributed by atoms with van der Waals surface area (Å²) in [6.07, 6.45) is 2.23. The number of nitrogens with one attached hydrogen (secondary N) is 3. The van der Waals surface area contributed by atoms with Crippen LogP contribution in [-0.4, -0.2) is 48.0 Å². The van der Waals surface area contributed by atoms with E-state index < -0.39 is 0 Å². The lowest BCUT2D eigenvalue weighted by Crippen LogP contribution is -2.29. The van der Waals surface area contributed by atoms with Crippen LogP contribution in [0.5, 0.6) is 0 Å². The number of anilines is 3. The van der Waals surface area contributed by atoms with Crippen LogP contribution in [0.25, 0.3) is 0 Å². The minimum absolute atomic E-state index is 0.0826. The number of nitrogens with zero attached hydrogens (tertiary/aromatic N) is 3. The average molecular weight is 344 g/mol. The molecule has 25 heavy (non-hydrogen) atoms. The molecule has 1 aliphatic rings. The number of hydrogen-bond donors (Lipinski definition) is 3. The second kappa shape index (κ2) is 7.43. The molecule has 0 saturated carbocycles. The van der Waals surface area contributed by atoms with Crippen molar-refractivity contribution >= 4 is 23.2 Å². The van der Waals surface area contributed by atoms with E-state index in [1.165, 1.54) is 18.5 Å². The first kappa shape index (κ1) is 17.1. The van der Waals surface area contributed by atoms with Crippen LogP contribution >= 0.6 is 0 Å². The Kier molecular flexibility index (Phi) is 5.08. The summed E-state index contributed by atoms with van der Waals surface area (Å²) >= 11 is 0. The molecule has 0 aliphatic carbocycles. The van der Waals surface area contributed by atoms with Crippen molar-refractivity contribution in [3.63, 3.8) is 0 Å². The van der Waals surface area contributed by atoms with Crippen LogP contribution in [-0.2, 0) is 4.79 Å². The Labute approximate surface area is 145 Å². The number of benzene rings is 1. The molecule has 0 spiro atoms. The standard InChI is InChI=1S/C17H21FN6O/c1-24(2)8-7-13(11-3-5-12(18)6-4-11)22-17-15-16(20-10-21-17)19-9-14(25)23-15/h3-6,10,13H,7-9H2,1-2H3,(H,23,25)(H2,19,20,21,22)/t13-/m1/s1. The summed E-state index contributed by atoms with van der Waals surface area (Å²) in [4.78, 5) is 22.2. The molecule has 2 aromatic rings. The first-order valence-corrected chi connectivity index (χ1v) is 8.08. The first-order valence-electron chi connectivity index (χ1n) is 8.08. The maximum Gasteiger partial charge on any atom is 0.243 e. The second-order valence-corrected chi connectivity index (χ2v) is 6.19. The summed E-state index contributed by atoms with van der Waals surface area (Å²) < 4.78 is 13.3. The van der Waals surface area contributed by atoms with Gasteiger partial charge in [-0.15, -0.1) is 0 Å². The molecule has 3 N–H and O–H groups in total. The van der Waals surface area contributed by atoms with Gasteiger partial charge in [-0.3, -0.25) is 4.79 Å². The molecule has 1 amide bonds. The lowest BCUT2D eigenvalue weighted by molar-refractivity contribution is -0.114. The van der Waals surface area contributed by atoms with E-state index in [0.717, 1.165) is 18.5 Å². The molecule has 1 aromatic carbocycles. The molecule has 0 unspecified atom stereocenters. The molecule has 1 atom stereocenters. The van der Waals surface area contributed by atoms with Gasteiger partial charge in [-0.05, 0) is 44.8 Å². The predicted molar refractivity (Wildman–Crippen MR) is 95.1 cm³/mol. The quantitative estimate of drug-likeness (QED) is 0.744. The monoisotopic (exact) mass is 344 g/mol. The van der Waals surface area contributed by atoms with E-state index in [9.17, 15) is 9.18 Å². The molecule has 0 fully saturated rings. The maximum absolute atomic E-state index is 13.3. The summed E-state index contributed by atoms with van der Waals surface area (Å²) in [7, 11) is 4.00. The summed E-state index contributed by atoms with van der Waals surface area (Å²) in [5.41, 5.74) is 1.49. The Bertz CT molecular complexity index is 749. The van der Waals surface area contributed by atoms with Gasteiger partial charge in [0.25, 0.3) is 0 Å². The van der Waals surface area contributed by atoms with Gasteiger partial charge in [0, 0.05) is 0 Å². The molecule has 1 aromatic heterocycles. The van der Waals surface area contributed by atoms with Gasteiger partial charge in [-0.25, -0.2) is 14.4 Å². The van der Waals surface area contributed by atoms with Gasteiger partial charge in [0.2, 0.25) is 5.91 Å². The zero-order chi connectivity index (χ0) is 17.8. The summed E-state index contributed by atoms with van der Waals surface area (Å²) in [5, 5.41) is 9.13. The SMILES string of the molecule is CN(C)CC[C@@H](Nc1ncnc2c1NC(=O)CN2)c1ccc(F)cc1. The molecule has 7 nitrogen and oxygen atoms in total. The molecule has 1 aliphatic heterocycles. The van der Waals surface area contributed by atoms with Crippen molar-refractivity contribution in [2.75, 3.05) is 43.1 Å². The highest BCUT2D eigenvalue weighted by Crippen LogP contribution is 2.32. The number of rotatable bonds is 6. The van der Waals surface area contributed by atoms with Crippen LogP contribution in [0.1, 0.15) is 18.0 Å². The van der Waals surface area contributed by atoms with Crippen molar-refractivity contribution in [3.8, 4) is 0 Å². The third kappa shape index (κ3) is 4.21. The summed E-state index contributed by atoms with van der Waals surface area (Å²) in [6, 6.07) is 6.32. The van der Waals surface area contributed by atoms with Crippen molar-refractivity contribution in [1.29, 1.82) is 0 Å². The Balaban J connectivity index is 1.87. The highest BCUT2D eigenvalue weighted by molar-refractivity contribution is 6.02. The molecule has 8 heteroatoms. The molecule has 0 saturated heterocycles. The van der Waals surface area contributed by atoms with Crippen LogP contribution in [0.15, 0.2) is 30.6 Å². The largest absolute Gasteiger partial charge is 0.361 e. The Morgan fingerprint density at radius 1 is 1.28 bits per heavy atom. The van der Waals surface area contributed by atoms with Gasteiger partial charge in [0.15, 0.2) is 11.6 Å². The van der Waals surface area contributed by atoms with E-state index in [1.807, 2.05) is 14.1 Å². The van der Waals surface area contributed by atoms with Crippen LogP contribution < -0.4 is 16.0 Å². The number of carbonyl (C=O) groups is 1. The number of halogens is 1. The number of aromatic nitrogens is 2. The van der Waals surface area contributed by atoms with Crippen LogP contribution in [0.4, 0.5) is 21.7 Å². The zero-order valence-corrected chi connectivity index (χ0v) is 14.2. The topological polar surface area (TPSA) is 82.2 Å². The van der Waals surface area contributed by atoms with E-state index in [1.54, 1.807) is 12.1 Å².